The number of hydrogen-bond acceptors (Lipinski definition) is 2. The van der Waals surface area contributed by atoms with Crippen molar-refractivity contribution in [3.8, 4) is 0 Å². The van der Waals surface area contributed by atoms with Crippen molar-refractivity contribution in [1.29, 1.82) is 0 Å². The average Bonchev–Trinajstić information content (AvgIpc) is 3.09. The third-order valence-electron chi connectivity index (χ3n) is 4.12. The van der Waals surface area contributed by atoms with E-state index in [1.54, 1.807) is 6.08 Å². The lowest BCUT2D eigenvalue weighted by Gasteiger charge is -2.14. The van der Waals surface area contributed by atoms with Crippen LogP contribution in [0.25, 0.3) is 6.08 Å². The predicted molar refractivity (Wildman–Crippen MR) is 103 cm³/mol. The molecule has 0 aromatic heterocycles. The summed E-state index contributed by atoms with van der Waals surface area (Å²) in [4.78, 5) is 14.5. The molecule has 4 heteroatoms. The zero-order chi connectivity index (χ0) is 16.8. The molecule has 0 radical (unpaired) electrons. The summed E-state index contributed by atoms with van der Waals surface area (Å²) >= 11 is 3.40. The van der Waals surface area contributed by atoms with Crippen LogP contribution in [0.1, 0.15) is 24.0 Å². The summed E-state index contributed by atoms with van der Waals surface area (Å²) in [7, 11) is 0. The molecular formula is C20H21BrN2O. The molecule has 1 aliphatic heterocycles. The first-order chi connectivity index (χ1) is 11.7. The molecule has 0 bridgehead atoms. The molecule has 124 valence electrons. The van der Waals surface area contributed by atoms with E-state index < -0.39 is 0 Å². The van der Waals surface area contributed by atoms with Gasteiger partial charge in [-0.25, -0.2) is 0 Å². The molecular weight excluding hydrogens is 364 g/mol. The molecule has 2 aromatic carbocycles. The Hall–Kier alpha value is -1.91. The Morgan fingerprint density at radius 3 is 2.38 bits per heavy atom. The van der Waals surface area contributed by atoms with E-state index >= 15 is 0 Å². The second-order valence-electron chi connectivity index (χ2n) is 6.05. The molecule has 0 saturated carbocycles. The minimum atomic E-state index is -0.120. The fraction of sp³-hybridized carbons (Fsp3) is 0.250. The highest BCUT2D eigenvalue weighted by Gasteiger charge is 2.11. The molecule has 1 heterocycles. The van der Waals surface area contributed by atoms with E-state index in [1.165, 1.54) is 31.5 Å². The summed E-state index contributed by atoms with van der Waals surface area (Å²) in [5.41, 5.74) is 3.11. The van der Waals surface area contributed by atoms with E-state index in [4.69, 9.17) is 0 Å². The van der Waals surface area contributed by atoms with Gasteiger partial charge in [0, 0.05) is 22.8 Å². The highest BCUT2D eigenvalue weighted by molar-refractivity contribution is 9.10. The summed E-state index contributed by atoms with van der Waals surface area (Å²) in [5, 5.41) is 2.90. The van der Waals surface area contributed by atoms with Crippen molar-refractivity contribution in [2.75, 3.05) is 18.4 Å². The Balaban J connectivity index is 1.53. The molecule has 2 aromatic rings. The van der Waals surface area contributed by atoms with Gasteiger partial charge in [0.15, 0.2) is 0 Å². The Morgan fingerprint density at radius 1 is 1.04 bits per heavy atom. The van der Waals surface area contributed by atoms with Gasteiger partial charge in [-0.2, -0.15) is 0 Å². The maximum atomic E-state index is 12.0. The Morgan fingerprint density at radius 2 is 1.71 bits per heavy atom. The number of likely N-dealkylation sites (tertiary alicyclic amines) is 1. The van der Waals surface area contributed by atoms with Gasteiger partial charge in [-0.3, -0.25) is 9.69 Å². The summed E-state index contributed by atoms with van der Waals surface area (Å²) in [5.74, 6) is -0.120. The molecule has 1 aliphatic rings. The third kappa shape index (κ3) is 5.05. The standard InChI is InChI=1S/C20H21BrN2O/c21-18-8-3-16(4-9-18)7-12-20(24)22-19-10-5-17(6-11-19)15-23-13-1-2-14-23/h3-12H,1-2,13-15H2,(H,22,24)/b12-7+. The van der Waals surface area contributed by atoms with Gasteiger partial charge in [0.05, 0.1) is 0 Å². The highest BCUT2D eigenvalue weighted by Crippen LogP contribution is 2.15. The summed E-state index contributed by atoms with van der Waals surface area (Å²) in [6.45, 7) is 3.39. The second kappa shape index (κ2) is 8.27. The van der Waals surface area contributed by atoms with E-state index in [2.05, 4.69) is 38.3 Å². The quantitative estimate of drug-likeness (QED) is 0.757. The number of carbonyl (C=O) groups is 1. The molecule has 1 amide bonds. The fourth-order valence-electron chi connectivity index (χ4n) is 2.82. The van der Waals surface area contributed by atoms with Gasteiger partial charge < -0.3 is 5.32 Å². The van der Waals surface area contributed by atoms with Gasteiger partial charge >= 0.3 is 0 Å². The highest BCUT2D eigenvalue weighted by atomic mass is 79.9. The van der Waals surface area contributed by atoms with Gasteiger partial charge in [-0.05, 0) is 67.4 Å². The number of anilines is 1. The van der Waals surface area contributed by atoms with Crippen LogP contribution in [0.15, 0.2) is 59.1 Å². The second-order valence-corrected chi connectivity index (χ2v) is 6.97. The Bertz CT molecular complexity index is 701. The average molecular weight is 385 g/mol. The maximum Gasteiger partial charge on any atom is 0.248 e. The predicted octanol–water partition coefficient (Wildman–Crippen LogP) is 4.70. The van der Waals surface area contributed by atoms with E-state index in [1.807, 2.05) is 42.5 Å². The number of carbonyl (C=O) groups excluding carboxylic acids is 1. The largest absolute Gasteiger partial charge is 0.323 e. The molecule has 0 aliphatic carbocycles. The monoisotopic (exact) mass is 384 g/mol. The third-order valence-corrected chi connectivity index (χ3v) is 4.65. The molecule has 0 spiro atoms. The number of amides is 1. The summed E-state index contributed by atoms with van der Waals surface area (Å²) in [6.07, 6.45) is 5.97. The van der Waals surface area contributed by atoms with Gasteiger partial charge in [-0.15, -0.1) is 0 Å². The van der Waals surface area contributed by atoms with Crippen LogP contribution >= 0.6 is 15.9 Å². The molecule has 3 rings (SSSR count). The molecule has 0 unspecified atom stereocenters. The lowest BCUT2D eigenvalue weighted by Crippen LogP contribution is -2.18. The number of hydrogen-bond donors (Lipinski definition) is 1. The first kappa shape index (κ1) is 16.9. The van der Waals surface area contributed by atoms with Gasteiger partial charge in [0.2, 0.25) is 5.91 Å². The van der Waals surface area contributed by atoms with Crippen LogP contribution in [0.3, 0.4) is 0 Å². The minimum absolute atomic E-state index is 0.120. The van der Waals surface area contributed by atoms with Gasteiger partial charge in [0.1, 0.15) is 0 Å². The van der Waals surface area contributed by atoms with Crippen LogP contribution in [-0.4, -0.2) is 23.9 Å². The Labute approximate surface area is 151 Å². The number of nitrogens with zero attached hydrogens (tertiary/aromatic N) is 1. The first-order valence-electron chi connectivity index (χ1n) is 8.25. The van der Waals surface area contributed by atoms with Crippen LogP contribution in [-0.2, 0) is 11.3 Å². The van der Waals surface area contributed by atoms with Crippen molar-refractivity contribution in [2.24, 2.45) is 0 Å². The summed E-state index contributed by atoms with van der Waals surface area (Å²) < 4.78 is 1.03. The topological polar surface area (TPSA) is 32.3 Å². The molecule has 1 fully saturated rings. The lowest BCUT2D eigenvalue weighted by atomic mass is 10.2. The smallest absolute Gasteiger partial charge is 0.248 e. The van der Waals surface area contributed by atoms with Crippen LogP contribution in [0.5, 0.6) is 0 Å². The number of benzene rings is 2. The van der Waals surface area contributed by atoms with Crippen molar-refractivity contribution in [1.82, 2.24) is 4.90 Å². The van der Waals surface area contributed by atoms with Crippen LogP contribution in [0.4, 0.5) is 5.69 Å². The van der Waals surface area contributed by atoms with Gasteiger partial charge in [0.25, 0.3) is 0 Å². The van der Waals surface area contributed by atoms with E-state index in [9.17, 15) is 4.79 Å². The molecule has 24 heavy (non-hydrogen) atoms. The van der Waals surface area contributed by atoms with Crippen molar-refractivity contribution in [2.45, 2.75) is 19.4 Å². The van der Waals surface area contributed by atoms with Crippen LogP contribution in [0, 0.1) is 0 Å². The van der Waals surface area contributed by atoms with E-state index in [0.29, 0.717) is 0 Å². The molecule has 0 atom stereocenters. The van der Waals surface area contributed by atoms with Crippen LogP contribution < -0.4 is 5.32 Å². The first-order valence-corrected chi connectivity index (χ1v) is 9.04. The minimum Gasteiger partial charge on any atom is -0.323 e. The zero-order valence-corrected chi connectivity index (χ0v) is 15.1. The van der Waals surface area contributed by atoms with Crippen molar-refractivity contribution < 1.29 is 4.79 Å². The molecule has 1 saturated heterocycles. The Kier molecular flexibility index (Phi) is 5.83. The number of rotatable bonds is 5. The van der Waals surface area contributed by atoms with Crippen LogP contribution in [0.2, 0.25) is 0 Å². The van der Waals surface area contributed by atoms with Crippen molar-refractivity contribution >= 4 is 33.6 Å². The molecule has 1 N–H and O–H groups in total. The summed E-state index contributed by atoms with van der Waals surface area (Å²) in [6, 6.07) is 15.9. The van der Waals surface area contributed by atoms with Crippen molar-refractivity contribution in [3.63, 3.8) is 0 Å². The van der Waals surface area contributed by atoms with Gasteiger partial charge in [-0.1, -0.05) is 40.2 Å². The zero-order valence-electron chi connectivity index (χ0n) is 13.5. The maximum absolute atomic E-state index is 12.0. The number of halogens is 1. The van der Waals surface area contributed by atoms with E-state index in [0.717, 1.165) is 22.3 Å². The normalized spacial score (nSPS) is 15.0. The molecule has 3 nitrogen and oxygen atoms in total. The number of nitrogens with one attached hydrogen (secondary N) is 1. The van der Waals surface area contributed by atoms with Crippen molar-refractivity contribution in [3.05, 3.63) is 70.2 Å². The SMILES string of the molecule is O=C(/C=C/c1ccc(Br)cc1)Nc1ccc(CN2CCCC2)cc1. The lowest BCUT2D eigenvalue weighted by molar-refractivity contribution is -0.111. The van der Waals surface area contributed by atoms with E-state index in [-0.39, 0.29) is 5.91 Å². The fourth-order valence-corrected chi connectivity index (χ4v) is 3.09.